The van der Waals surface area contributed by atoms with Gasteiger partial charge < -0.3 is 0 Å². The highest BCUT2D eigenvalue weighted by Crippen LogP contribution is 2.12. The quantitative estimate of drug-likeness (QED) is 0.738. The maximum atomic E-state index is 12.1. The number of rotatable bonds is 5. The lowest BCUT2D eigenvalue weighted by molar-refractivity contribution is 0.0576. The second-order valence-corrected chi connectivity index (χ2v) is 3.49. The van der Waals surface area contributed by atoms with Crippen LogP contribution in [0.25, 0.3) is 0 Å². The molecule has 0 unspecified atom stereocenters. The highest BCUT2D eigenvalue weighted by atomic mass is 16.2. The number of hydrazine groups is 2. The van der Waals surface area contributed by atoms with Gasteiger partial charge in [-0.1, -0.05) is 31.5 Å². The van der Waals surface area contributed by atoms with Crippen molar-refractivity contribution in [3.8, 4) is 0 Å². The topological polar surface area (TPSA) is 44.4 Å². The summed E-state index contributed by atoms with van der Waals surface area (Å²) in [4.78, 5) is 12.1. The summed E-state index contributed by atoms with van der Waals surface area (Å²) in [6.45, 7) is 2.11. The fourth-order valence-electron chi connectivity index (χ4n) is 1.65. The smallest absolute Gasteiger partial charge is 0.266 e. The van der Waals surface area contributed by atoms with Crippen LogP contribution in [0, 0.1) is 0 Å². The van der Waals surface area contributed by atoms with Crippen molar-refractivity contribution in [2.45, 2.75) is 19.8 Å². The third-order valence-corrected chi connectivity index (χ3v) is 2.42. The molecule has 1 aromatic carbocycles. The lowest BCUT2D eigenvalue weighted by Gasteiger charge is -2.20. The summed E-state index contributed by atoms with van der Waals surface area (Å²) in [5, 5.41) is 1.37. The number of amides is 1. The number of benzene rings is 1. The molecule has 0 radical (unpaired) electrons. The number of nitrogens with one attached hydrogen (secondary N) is 2. The average Bonchev–Trinajstić information content (AvgIpc) is 2.31. The van der Waals surface area contributed by atoms with Gasteiger partial charge in [0.25, 0.3) is 5.91 Å². The molecule has 2 N–H and O–H groups in total. The van der Waals surface area contributed by atoms with E-state index in [0.717, 1.165) is 24.0 Å². The van der Waals surface area contributed by atoms with Gasteiger partial charge in [-0.3, -0.25) is 4.79 Å². The minimum absolute atomic E-state index is 0.0611. The molecule has 0 saturated carbocycles. The van der Waals surface area contributed by atoms with E-state index in [0.29, 0.717) is 0 Å². The summed E-state index contributed by atoms with van der Waals surface area (Å²) < 4.78 is 0. The minimum atomic E-state index is -0.0611. The van der Waals surface area contributed by atoms with Crippen molar-refractivity contribution in [2.75, 3.05) is 14.1 Å². The molecule has 0 heterocycles. The van der Waals surface area contributed by atoms with Crippen molar-refractivity contribution in [3.05, 3.63) is 35.4 Å². The summed E-state index contributed by atoms with van der Waals surface area (Å²) in [6.07, 6.45) is 1.95. The fourth-order valence-corrected chi connectivity index (χ4v) is 1.65. The van der Waals surface area contributed by atoms with Crippen molar-refractivity contribution in [3.63, 3.8) is 0 Å². The number of hydrogen-bond donors (Lipinski definition) is 2. The van der Waals surface area contributed by atoms with Crippen LogP contribution in [0.5, 0.6) is 0 Å². The molecule has 0 aliphatic carbocycles. The zero-order valence-electron chi connectivity index (χ0n) is 10.1. The van der Waals surface area contributed by atoms with Crippen LogP contribution in [0.3, 0.4) is 0 Å². The zero-order valence-corrected chi connectivity index (χ0v) is 10.1. The molecule has 4 nitrogen and oxygen atoms in total. The predicted octanol–water partition coefficient (Wildman–Crippen LogP) is 1.35. The molecular formula is C12H19N3O. The number of hydrogen-bond acceptors (Lipinski definition) is 3. The van der Waals surface area contributed by atoms with Crippen LogP contribution < -0.4 is 10.9 Å². The van der Waals surface area contributed by atoms with Gasteiger partial charge in [0, 0.05) is 19.7 Å². The zero-order chi connectivity index (χ0) is 12.0. The standard InChI is InChI=1S/C12H19N3O/c1-4-7-10-8-5-6-9-11(10)12(16)15(13-2)14-3/h5-6,8-9,13-14H,4,7H2,1-3H3. The van der Waals surface area contributed by atoms with Crippen molar-refractivity contribution in [1.82, 2.24) is 16.0 Å². The third kappa shape index (κ3) is 2.81. The van der Waals surface area contributed by atoms with Crippen LogP contribution in [0.2, 0.25) is 0 Å². The first-order valence-electron chi connectivity index (χ1n) is 5.51. The summed E-state index contributed by atoms with van der Waals surface area (Å²) in [7, 11) is 3.41. The van der Waals surface area contributed by atoms with Crippen LogP contribution in [0.4, 0.5) is 0 Å². The second-order valence-electron chi connectivity index (χ2n) is 3.49. The number of carbonyl (C=O) groups is 1. The molecule has 16 heavy (non-hydrogen) atoms. The molecule has 0 saturated heterocycles. The van der Waals surface area contributed by atoms with Gasteiger partial charge in [-0.15, -0.1) is 0 Å². The van der Waals surface area contributed by atoms with Crippen LogP contribution in [-0.2, 0) is 6.42 Å². The molecule has 0 bridgehead atoms. The van der Waals surface area contributed by atoms with Gasteiger partial charge in [-0.05, 0) is 18.1 Å². The molecule has 0 fully saturated rings. The van der Waals surface area contributed by atoms with Gasteiger partial charge in [0.15, 0.2) is 0 Å². The van der Waals surface area contributed by atoms with Gasteiger partial charge >= 0.3 is 0 Å². The first-order valence-corrected chi connectivity index (χ1v) is 5.51. The van der Waals surface area contributed by atoms with Crippen molar-refractivity contribution < 1.29 is 4.79 Å². The molecule has 0 spiro atoms. The number of aryl methyl sites for hydroxylation is 1. The molecule has 4 heteroatoms. The molecule has 1 rings (SSSR count). The molecule has 0 aromatic heterocycles. The largest absolute Gasteiger partial charge is 0.283 e. The van der Waals surface area contributed by atoms with Gasteiger partial charge in [-0.2, -0.15) is 0 Å². The Balaban J connectivity index is 2.97. The SMILES string of the molecule is CCCc1ccccc1C(=O)N(NC)NC. The third-order valence-electron chi connectivity index (χ3n) is 2.42. The summed E-state index contributed by atoms with van der Waals surface area (Å²) in [5.41, 5.74) is 7.42. The Hall–Kier alpha value is -1.39. The predicted molar refractivity (Wildman–Crippen MR) is 64.7 cm³/mol. The van der Waals surface area contributed by atoms with E-state index in [1.54, 1.807) is 14.1 Å². The van der Waals surface area contributed by atoms with E-state index in [1.807, 2.05) is 24.3 Å². The Kier molecular flexibility index (Phi) is 4.95. The maximum Gasteiger partial charge on any atom is 0.283 e. The van der Waals surface area contributed by atoms with Gasteiger partial charge in [-0.25, -0.2) is 16.0 Å². The maximum absolute atomic E-state index is 12.1. The van der Waals surface area contributed by atoms with Crippen molar-refractivity contribution in [2.24, 2.45) is 0 Å². The lowest BCUT2D eigenvalue weighted by atomic mass is 10.0. The molecule has 0 aliphatic heterocycles. The highest BCUT2D eigenvalue weighted by molar-refractivity contribution is 5.95. The number of carbonyl (C=O) groups excluding carboxylic acids is 1. The molecule has 1 amide bonds. The minimum Gasteiger partial charge on any atom is -0.266 e. The number of nitrogens with zero attached hydrogens (tertiary/aromatic N) is 1. The van der Waals surface area contributed by atoms with E-state index in [4.69, 9.17) is 0 Å². The first kappa shape index (κ1) is 12.7. The monoisotopic (exact) mass is 221 g/mol. The van der Waals surface area contributed by atoms with E-state index >= 15 is 0 Å². The van der Waals surface area contributed by atoms with E-state index < -0.39 is 0 Å². The van der Waals surface area contributed by atoms with Crippen LogP contribution in [0.15, 0.2) is 24.3 Å². The Bertz CT molecular complexity index is 348. The van der Waals surface area contributed by atoms with E-state index in [2.05, 4.69) is 17.8 Å². The van der Waals surface area contributed by atoms with E-state index in [1.165, 1.54) is 5.12 Å². The normalized spacial score (nSPS) is 10.2. The van der Waals surface area contributed by atoms with Crippen LogP contribution in [0.1, 0.15) is 29.3 Å². The van der Waals surface area contributed by atoms with Crippen LogP contribution >= 0.6 is 0 Å². The van der Waals surface area contributed by atoms with Gasteiger partial charge in [0.2, 0.25) is 0 Å². The van der Waals surface area contributed by atoms with Crippen molar-refractivity contribution >= 4 is 5.91 Å². The van der Waals surface area contributed by atoms with Gasteiger partial charge in [0.05, 0.1) is 0 Å². The molecule has 0 atom stereocenters. The van der Waals surface area contributed by atoms with Gasteiger partial charge in [0.1, 0.15) is 0 Å². The summed E-state index contributed by atoms with van der Waals surface area (Å²) >= 11 is 0. The summed E-state index contributed by atoms with van der Waals surface area (Å²) in [5.74, 6) is -0.0611. The Morgan fingerprint density at radius 3 is 2.44 bits per heavy atom. The lowest BCUT2D eigenvalue weighted by Crippen LogP contribution is -2.48. The molecule has 88 valence electrons. The van der Waals surface area contributed by atoms with E-state index in [9.17, 15) is 4.79 Å². The average molecular weight is 221 g/mol. The van der Waals surface area contributed by atoms with Crippen molar-refractivity contribution in [1.29, 1.82) is 0 Å². The fraction of sp³-hybridized carbons (Fsp3) is 0.417. The summed E-state index contributed by atoms with van der Waals surface area (Å²) in [6, 6.07) is 7.70. The van der Waals surface area contributed by atoms with Crippen LogP contribution in [-0.4, -0.2) is 25.1 Å². The first-order chi connectivity index (χ1) is 7.74. The van der Waals surface area contributed by atoms with E-state index in [-0.39, 0.29) is 5.91 Å². The Labute approximate surface area is 96.6 Å². The Morgan fingerprint density at radius 1 is 1.25 bits per heavy atom. The molecule has 1 aromatic rings. The highest BCUT2D eigenvalue weighted by Gasteiger charge is 2.15. The molecule has 0 aliphatic rings. The Morgan fingerprint density at radius 2 is 1.88 bits per heavy atom. The second kappa shape index (κ2) is 6.25. The molecular weight excluding hydrogens is 202 g/mol.